The van der Waals surface area contributed by atoms with Crippen LogP contribution in [0.3, 0.4) is 0 Å². The molecular formula is C20H32OSi. The number of hydrogen-bond donors (Lipinski definition) is 1. The van der Waals surface area contributed by atoms with Gasteiger partial charge in [0.05, 0.1) is 14.2 Å². The average Bonchev–Trinajstić information content (AvgIpc) is 2.47. The van der Waals surface area contributed by atoms with Gasteiger partial charge in [-0.2, -0.15) is 0 Å². The normalized spacial score (nSPS) is 28.1. The zero-order valence-electron chi connectivity index (χ0n) is 14.8. The van der Waals surface area contributed by atoms with Crippen LogP contribution in [-0.4, -0.2) is 19.3 Å². The minimum absolute atomic E-state index is 0.260. The standard InChI is InChI=1S/C20H32OSi/c1-14(2)18-12-22(15(3)4,16(5)6)13-19(20(18)21)17-10-8-7-9-11-17/h7-11,15-16,18-21H,1,12-13H2,2-6H3/t18-,19+,20-/m1/s1. The van der Waals surface area contributed by atoms with Gasteiger partial charge in [-0.3, -0.25) is 0 Å². The maximum atomic E-state index is 11.0. The first kappa shape index (κ1) is 17.5. The van der Waals surface area contributed by atoms with Crippen LogP contribution in [0.5, 0.6) is 0 Å². The summed E-state index contributed by atoms with van der Waals surface area (Å²) in [5, 5.41) is 11.0. The Kier molecular flexibility index (Phi) is 5.34. The highest BCUT2D eigenvalue weighted by atomic mass is 28.3. The lowest BCUT2D eigenvalue weighted by atomic mass is 9.84. The van der Waals surface area contributed by atoms with Crippen molar-refractivity contribution in [1.82, 2.24) is 0 Å². The number of rotatable bonds is 4. The fourth-order valence-electron chi connectivity index (χ4n) is 4.51. The zero-order valence-corrected chi connectivity index (χ0v) is 15.8. The maximum Gasteiger partial charge on any atom is 0.0668 e. The van der Waals surface area contributed by atoms with Crippen molar-refractivity contribution in [2.45, 2.75) is 69.8 Å². The molecule has 1 fully saturated rings. The summed E-state index contributed by atoms with van der Waals surface area (Å²) >= 11 is 0. The van der Waals surface area contributed by atoms with E-state index in [9.17, 15) is 5.11 Å². The van der Waals surface area contributed by atoms with Gasteiger partial charge in [-0.25, -0.2) is 0 Å². The van der Waals surface area contributed by atoms with Crippen molar-refractivity contribution in [3.8, 4) is 0 Å². The van der Waals surface area contributed by atoms with Crippen LogP contribution in [0.4, 0.5) is 0 Å². The molecule has 1 aromatic carbocycles. The summed E-state index contributed by atoms with van der Waals surface area (Å²) in [4.78, 5) is 0. The Morgan fingerprint density at radius 2 is 1.64 bits per heavy atom. The predicted molar refractivity (Wildman–Crippen MR) is 99.1 cm³/mol. The van der Waals surface area contributed by atoms with Crippen LogP contribution in [0.2, 0.25) is 23.2 Å². The molecule has 1 aromatic rings. The third kappa shape index (κ3) is 3.09. The van der Waals surface area contributed by atoms with Gasteiger partial charge in [-0.05, 0) is 24.6 Å². The van der Waals surface area contributed by atoms with Gasteiger partial charge in [-0.1, -0.05) is 81.3 Å². The first-order valence-electron chi connectivity index (χ1n) is 8.68. The molecule has 0 aliphatic carbocycles. The molecule has 0 saturated carbocycles. The van der Waals surface area contributed by atoms with Crippen LogP contribution in [0.15, 0.2) is 42.5 Å². The SMILES string of the molecule is C=C(C)[C@H]1C[Si](C(C)C)(C(C)C)C[C@@H](c2ccccc2)[C@@H]1O. The molecule has 122 valence electrons. The van der Waals surface area contributed by atoms with Crippen molar-refractivity contribution in [3.63, 3.8) is 0 Å². The van der Waals surface area contributed by atoms with E-state index in [1.54, 1.807) is 0 Å². The van der Waals surface area contributed by atoms with Gasteiger partial charge in [0.25, 0.3) is 0 Å². The van der Waals surface area contributed by atoms with E-state index in [0.29, 0.717) is 0 Å². The highest BCUT2D eigenvalue weighted by molar-refractivity contribution is 6.82. The molecule has 0 unspecified atom stereocenters. The molecule has 2 heteroatoms. The lowest BCUT2D eigenvalue weighted by Gasteiger charge is -2.51. The second kappa shape index (κ2) is 6.72. The molecule has 1 aliphatic heterocycles. The topological polar surface area (TPSA) is 20.2 Å². The minimum atomic E-state index is -1.47. The Bertz CT molecular complexity index is 498. The summed E-state index contributed by atoms with van der Waals surface area (Å²) in [6.45, 7) is 15.9. The van der Waals surface area contributed by atoms with E-state index < -0.39 is 8.07 Å². The van der Waals surface area contributed by atoms with E-state index in [1.807, 2.05) is 0 Å². The zero-order chi connectivity index (χ0) is 16.5. The summed E-state index contributed by atoms with van der Waals surface area (Å²) in [6.07, 6.45) is -0.280. The maximum absolute atomic E-state index is 11.0. The summed E-state index contributed by atoms with van der Waals surface area (Å²) < 4.78 is 0. The molecule has 0 spiro atoms. The minimum Gasteiger partial charge on any atom is -0.392 e. The molecule has 0 radical (unpaired) electrons. The van der Waals surface area contributed by atoms with Crippen LogP contribution < -0.4 is 0 Å². The van der Waals surface area contributed by atoms with Crippen molar-refractivity contribution in [1.29, 1.82) is 0 Å². The van der Waals surface area contributed by atoms with E-state index >= 15 is 0 Å². The van der Waals surface area contributed by atoms with Gasteiger partial charge in [0.15, 0.2) is 0 Å². The molecule has 1 saturated heterocycles. The summed E-state index contributed by atoms with van der Waals surface area (Å²) in [5.74, 6) is 0.531. The lowest BCUT2D eigenvalue weighted by molar-refractivity contribution is 0.0997. The fraction of sp³-hybridized carbons (Fsp3) is 0.600. The Labute approximate surface area is 137 Å². The van der Waals surface area contributed by atoms with E-state index in [2.05, 4.69) is 71.5 Å². The van der Waals surface area contributed by atoms with Crippen LogP contribution in [0.1, 0.15) is 46.1 Å². The Morgan fingerprint density at radius 1 is 1.09 bits per heavy atom. The number of benzene rings is 1. The fourth-order valence-corrected chi connectivity index (χ4v) is 10.6. The molecule has 2 rings (SSSR count). The summed E-state index contributed by atoms with van der Waals surface area (Å²) in [5.41, 5.74) is 3.95. The highest BCUT2D eigenvalue weighted by Crippen LogP contribution is 2.52. The smallest absolute Gasteiger partial charge is 0.0668 e. The van der Waals surface area contributed by atoms with Crippen molar-refractivity contribution in [2.75, 3.05) is 0 Å². The molecule has 1 nitrogen and oxygen atoms in total. The van der Waals surface area contributed by atoms with E-state index in [4.69, 9.17) is 0 Å². The van der Waals surface area contributed by atoms with Crippen molar-refractivity contribution >= 4 is 8.07 Å². The van der Waals surface area contributed by atoms with E-state index in [1.165, 1.54) is 17.7 Å². The predicted octanol–water partition coefficient (Wildman–Crippen LogP) is 5.61. The molecule has 0 bridgehead atoms. The number of aliphatic hydroxyl groups excluding tert-OH is 1. The van der Waals surface area contributed by atoms with Crippen LogP contribution in [-0.2, 0) is 0 Å². The Morgan fingerprint density at radius 3 is 2.09 bits per heavy atom. The molecule has 1 heterocycles. The third-order valence-electron chi connectivity index (χ3n) is 6.18. The van der Waals surface area contributed by atoms with Crippen molar-refractivity contribution in [3.05, 3.63) is 48.0 Å². The molecule has 1 N–H and O–H groups in total. The van der Waals surface area contributed by atoms with Gasteiger partial charge in [0.2, 0.25) is 0 Å². The van der Waals surface area contributed by atoms with Crippen LogP contribution in [0, 0.1) is 5.92 Å². The average molecular weight is 317 g/mol. The molecule has 22 heavy (non-hydrogen) atoms. The van der Waals surface area contributed by atoms with E-state index in [-0.39, 0.29) is 17.9 Å². The summed E-state index contributed by atoms with van der Waals surface area (Å²) in [6, 6.07) is 13.0. The second-order valence-corrected chi connectivity index (χ2v) is 13.5. The first-order valence-corrected chi connectivity index (χ1v) is 11.2. The van der Waals surface area contributed by atoms with Crippen molar-refractivity contribution < 1.29 is 5.11 Å². The Hall–Kier alpha value is -0.863. The third-order valence-corrected chi connectivity index (χ3v) is 13.2. The summed E-state index contributed by atoms with van der Waals surface area (Å²) in [7, 11) is -1.47. The molecular weight excluding hydrogens is 284 g/mol. The lowest BCUT2D eigenvalue weighted by Crippen LogP contribution is -2.52. The highest BCUT2D eigenvalue weighted by Gasteiger charge is 2.50. The number of hydrogen-bond acceptors (Lipinski definition) is 1. The van der Waals surface area contributed by atoms with E-state index in [0.717, 1.165) is 16.7 Å². The van der Waals surface area contributed by atoms with Crippen LogP contribution >= 0.6 is 0 Å². The quantitative estimate of drug-likeness (QED) is 0.566. The monoisotopic (exact) mass is 316 g/mol. The molecule has 0 aromatic heterocycles. The van der Waals surface area contributed by atoms with Gasteiger partial charge < -0.3 is 5.11 Å². The second-order valence-electron chi connectivity index (χ2n) is 7.91. The molecule has 3 atom stereocenters. The molecule has 0 amide bonds. The number of aliphatic hydroxyl groups is 1. The van der Waals surface area contributed by atoms with Crippen LogP contribution in [0.25, 0.3) is 0 Å². The van der Waals surface area contributed by atoms with Gasteiger partial charge in [0, 0.05) is 11.8 Å². The first-order chi connectivity index (χ1) is 10.3. The van der Waals surface area contributed by atoms with Gasteiger partial charge in [-0.15, -0.1) is 0 Å². The Balaban J connectivity index is 2.46. The largest absolute Gasteiger partial charge is 0.392 e. The van der Waals surface area contributed by atoms with Crippen molar-refractivity contribution in [2.24, 2.45) is 5.92 Å². The van der Waals surface area contributed by atoms with Gasteiger partial charge in [0.1, 0.15) is 0 Å². The van der Waals surface area contributed by atoms with Gasteiger partial charge >= 0.3 is 0 Å². The molecule has 1 aliphatic rings.